The molecule has 1 aromatic carbocycles. The number of nitrogens with one attached hydrogen (secondary N) is 4. The molecule has 2 fully saturated rings. The topological polar surface area (TPSA) is 83.7 Å². The van der Waals surface area contributed by atoms with Gasteiger partial charge in [-0.15, -0.1) is 12.4 Å². The number of ether oxygens (including phenoxy) is 2. The maximum Gasteiger partial charge on any atom is 0.231 e. The highest BCUT2D eigenvalue weighted by Crippen LogP contribution is 2.35. The lowest BCUT2D eigenvalue weighted by Crippen LogP contribution is -2.47. The molecular weight excluding hydrogens is 368 g/mol. The van der Waals surface area contributed by atoms with E-state index in [1.54, 1.807) is 0 Å². The molecule has 0 aliphatic carbocycles. The first kappa shape index (κ1) is 20.2. The van der Waals surface area contributed by atoms with E-state index in [0.29, 0.717) is 18.3 Å². The fourth-order valence-electron chi connectivity index (χ4n) is 4.14. The zero-order valence-corrected chi connectivity index (χ0v) is 16.4. The maximum absolute atomic E-state index is 12.6. The Kier molecular flexibility index (Phi) is 6.81. The van der Waals surface area contributed by atoms with Gasteiger partial charge in [-0.05, 0) is 55.5 Å². The number of hydrogen-bond acceptors (Lipinski definition) is 6. The fourth-order valence-corrected chi connectivity index (χ4v) is 4.14. The highest BCUT2D eigenvalue weighted by molar-refractivity contribution is 5.85. The van der Waals surface area contributed by atoms with Crippen LogP contribution in [0.5, 0.6) is 11.5 Å². The van der Waals surface area contributed by atoms with E-state index in [0.717, 1.165) is 36.7 Å². The van der Waals surface area contributed by atoms with Crippen LogP contribution in [0.2, 0.25) is 0 Å². The molecule has 4 atom stereocenters. The average Bonchev–Trinajstić information content (AvgIpc) is 3.30. The molecule has 0 saturated carbocycles. The highest BCUT2D eigenvalue weighted by Gasteiger charge is 2.31. The van der Waals surface area contributed by atoms with E-state index in [-0.39, 0.29) is 37.2 Å². The molecule has 4 unspecified atom stereocenters. The Labute approximate surface area is 166 Å². The van der Waals surface area contributed by atoms with Gasteiger partial charge in [0.2, 0.25) is 12.7 Å². The molecular formula is C19H29ClN4O3. The van der Waals surface area contributed by atoms with Crippen LogP contribution in [0.25, 0.3) is 0 Å². The number of rotatable bonds is 5. The SMILES string of the molecule is CC(CC(=O)NC1NNCC1c1ccc2c(c1)OCO2)C1CCCNC1.Cl. The molecule has 4 N–H and O–H groups in total. The van der Waals surface area contributed by atoms with Crippen molar-refractivity contribution >= 4 is 18.3 Å². The van der Waals surface area contributed by atoms with Gasteiger partial charge < -0.3 is 20.1 Å². The minimum atomic E-state index is -0.125. The Morgan fingerprint density at radius 2 is 2.15 bits per heavy atom. The van der Waals surface area contributed by atoms with Gasteiger partial charge in [0.25, 0.3) is 0 Å². The molecule has 3 aliphatic heterocycles. The number of hydrogen-bond donors (Lipinski definition) is 4. The molecule has 2 saturated heterocycles. The number of carbonyl (C=O) groups excluding carboxylic acids is 1. The van der Waals surface area contributed by atoms with Crippen molar-refractivity contribution in [1.82, 2.24) is 21.5 Å². The van der Waals surface area contributed by atoms with Crippen LogP contribution in [0.15, 0.2) is 18.2 Å². The molecule has 4 rings (SSSR count). The molecule has 1 aromatic rings. The van der Waals surface area contributed by atoms with E-state index in [1.807, 2.05) is 18.2 Å². The summed E-state index contributed by atoms with van der Waals surface area (Å²) in [5.41, 5.74) is 7.48. The van der Waals surface area contributed by atoms with Gasteiger partial charge in [-0.1, -0.05) is 13.0 Å². The lowest BCUT2D eigenvalue weighted by atomic mass is 9.85. The third kappa shape index (κ3) is 4.66. The maximum atomic E-state index is 12.6. The summed E-state index contributed by atoms with van der Waals surface area (Å²) < 4.78 is 10.9. The summed E-state index contributed by atoms with van der Waals surface area (Å²) in [6, 6.07) is 5.99. The summed E-state index contributed by atoms with van der Waals surface area (Å²) in [6.45, 7) is 5.34. The number of amides is 1. The third-order valence-corrected chi connectivity index (χ3v) is 5.77. The molecule has 1 amide bonds. The van der Waals surface area contributed by atoms with E-state index in [2.05, 4.69) is 28.4 Å². The van der Waals surface area contributed by atoms with Crippen molar-refractivity contribution in [2.24, 2.45) is 11.8 Å². The molecule has 3 aliphatic rings. The van der Waals surface area contributed by atoms with Gasteiger partial charge >= 0.3 is 0 Å². The van der Waals surface area contributed by atoms with Gasteiger partial charge in [0.1, 0.15) is 6.17 Å². The Morgan fingerprint density at radius 3 is 2.96 bits per heavy atom. The van der Waals surface area contributed by atoms with Crippen molar-refractivity contribution in [2.75, 3.05) is 26.4 Å². The van der Waals surface area contributed by atoms with Gasteiger partial charge in [-0.2, -0.15) is 0 Å². The van der Waals surface area contributed by atoms with Crippen LogP contribution in [0, 0.1) is 11.8 Å². The lowest BCUT2D eigenvalue weighted by Gasteiger charge is -2.28. The quantitative estimate of drug-likeness (QED) is 0.603. The average molecular weight is 397 g/mol. The van der Waals surface area contributed by atoms with Crippen LogP contribution < -0.4 is 31.0 Å². The van der Waals surface area contributed by atoms with Gasteiger partial charge in [0.05, 0.1) is 0 Å². The number of halogens is 1. The second kappa shape index (κ2) is 9.10. The van der Waals surface area contributed by atoms with Gasteiger partial charge in [0.15, 0.2) is 11.5 Å². The van der Waals surface area contributed by atoms with E-state index < -0.39 is 0 Å². The Hall–Kier alpha value is -1.54. The second-order valence-electron chi connectivity index (χ2n) is 7.58. The zero-order valence-electron chi connectivity index (χ0n) is 15.6. The highest BCUT2D eigenvalue weighted by atomic mass is 35.5. The van der Waals surface area contributed by atoms with Crippen molar-refractivity contribution < 1.29 is 14.3 Å². The first-order chi connectivity index (χ1) is 12.7. The van der Waals surface area contributed by atoms with Crippen molar-refractivity contribution in [3.8, 4) is 11.5 Å². The Balaban J connectivity index is 0.00000210. The predicted octanol–water partition coefficient (Wildman–Crippen LogP) is 1.50. The van der Waals surface area contributed by atoms with Crippen LogP contribution in [0.4, 0.5) is 0 Å². The zero-order chi connectivity index (χ0) is 17.9. The van der Waals surface area contributed by atoms with Crippen molar-refractivity contribution in [2.45, 2.75) is 38.3 Å². The Morgan fingerprint density at radius 1 is 1.30 bits per heavy atom. The third-order valence-electron chi connectivity index (χ3n) is 5.77. The monoisotopic (exact) mass is 396 g/mol. The normalized spacial score (nSPS) is 27.7. The first-order valence-electron chi connectivity index (χ1n) is 9.59. The summed E-state index contributed by atoms with van der Waals surface area (Å²) in [7, 11) is 0. The molecule has 150 valence electrons. The largest absolute Gasteiger partial charge is 0.454 e. The van der Waals surface area contributed by atoms with Gasteiger partial charge in [0, 0.05) is 18.9 Å². The number of hydrazine groups is 1. The summed E-state index contributed by atoms with van der Waals surface area (Å²) in [6.07, 6.45) is 2.86. The summed E-state index contributed by atoms with van der Waals surface area (Å²) in [5, 5.41) is 6.60. The molecule has 8 heteroatoms. The van der Waals surface area contributed by atoms with Gasteiger partial charge in [-0.25, -0.2) is 5.43 Å². The van der Waals surface area contributed by atoms with Crippen molar-refractivity contribution in [1.29, 1.82) is 0 Å². The van der Waals surface area contributed by atoms with Crippen molar-refractivity contribution in [3.05, 3.63) is 23.8 Å². The van der Waals surface area contributed by atoms with E-state index in [4.69, 9.17) is 9.47 Å². The molecule has 0 bridgehead atoms. The van der Waals surface area contributed by atoms with Crippen molar-refractivity contribution in [3.63, 3.8) is 0 Å². The van der Waals surface area contributed by atoms with Crippen LogP contribution in [0.3, 0.4) is 0 Å². The minimum Gasteiger partial charge on any atom is -0.454 e. The van der Waals surface area contributed by atoms with Gasteiger partial charge in [-0.3, -0.25) is 10.2 Å². The summed E-state index contributed by atoms with van der Waals surface area (Å²) in [4.78, 5) is 12.6. The molecule has 0 radical (unpaired) electrons. The Bertz CT molecular complexity index is 654. The summed E-state index contributed by atoms with van der Waals surface area (Å²) >= 11 is 0. The van der Waals surface area contributed by atoms with E-state index >= 15 is 0 Å². The van der Waals surface area contributed by atoms with E-state index in [1.165, 1.54) is 12.8 Å². The number of benzene rings is 1. The minimum absolute atomic E-state index is 0. The van der Waals surface area contributed by atoms with Crippen LogP contribution in [-0.2, 0) is 4.79 Å². The van der Waals surface area contributed by atoms with Crippen LogP contribution >= 0.6 is 12.4 Å². The standard InChI is InChI=1S/C19H28N4O3.ClH/c1-12(14-3-2-6-20-9-14)7-18(24)22-19-15(10-21-23-19)13-4-5-16-17(8-13)26-11-25-16;/h4-5,8,12,14-15,19-21,23H,2-3,6-7,9-11H2,1H3,(H,22,24);1H. The van der Waals surface area contributed by atoms with Crippen LogP contribution in [-0.4, -0.2) is 38.5 Å². The molecule has 0 spiro atoms. The molecule has 7 nitrogen and oxygen atoms in total. The number of carbonyl (C=O) groups is 1. The second-order valence-corrected chi connectivity index (χ2v) is 7.58. The molecule has 3 heterocycles. The predicted molar refractivity (Wildman–Crippen MR) is 105 cm³/mol. The first-order valence-corrected chi connectivity index (χ1v) is 9.59. The summed E-state index contributed by atoms with van der Waals surface area (Å²) in [5.74, 6) is 2.80. The molecule has 0 aromatic heterocycles. The molecule has 27 heavy (non-hydrogen) atoms. The fraction of sp³-hybridized carbons (Fsp3) is 0.632. The lowest BCUT2D eigenvalue weighted by molar-refractivity contribution is -0.123. The number of fused-ring (bicyclic) bond motifs is 1. The van der Waals surface area contributed by atoms with E-state index in [9.17, 15) is 4.79 Å². The smallest absolute Gasteiger partial charge is 0.231 e. The number of piperidine rings is 1. The van der Waals surface area contributed by atoms with Crippen LogP contribution in [0.1, 0.15) is 37.7 Å².